The van der Waals surface area contributed by atoms with Crippen LogP contribution in [0.5, 0.6) is 0 Å². The zero-order valence-corrected chi connectivity index (χ0v) is 11.3. The molecular formula is C15H14N2O4. The van der Waals surface area contributed by atoms with Gasteiger partial charge >= 0.3 is 0 Å². The van der Waals surface area contributed by atoms with Gasteiger partial charge in [-0.25, -0.2) is 4.90 Å². The van der Waals surface area contributed by atoms with E-state index in [1.54, 1.807) is 6.07 Å². The van der Waals surface area contributed by atoms with E-state index in [1.165, 1.54) is 23.1 Å². The molecule has 0 unspecified atom stereocenters. The van der Waals surface area contributed by atoms with Crippen LogP contribution in [0.3, 0.4) is 0 Å². The lowest BCUT2D eigenvalue weighted by molar-refractivity contribution is -0.384. The second-order valence-corrected chi connectivity index (χ2v) is 6.17. The molecule has 2 amide bonds. The molecule has 2 aliphatic carbocycles. The molecule has 1 aromatic carbocycles. The Balaban J connectivity index is 1.73. The zero-order valence-electron chi connectivity index (χ0n) is 11.3. The smallest absolute Gasteiger partial charge is 0.271 e. The van der Waals surface area contributed by atoms with E-state index in [0.717, 1.165) is 19.3 Å². The summed E-state index contributed by atoms with van der Waals surface area (Å²) in [7, 11) is 0. The van der Waals surface area contributed by atoms with Crippen LogP contribution in [0.4, 0.5) is 11.4 Å². The van der Waals surface area contributed by atoms with Crippen molar-refractivity contribution in [1.29, 1.82) is 0 Å². The molecule has 6 nitrogen and oxygen atoms in total. The van der Waals surface area contributed by atoms with E-state index in [-0.39, 0.29) is 29.3 Å². The Hall–Kier alpha value is -2.24. The van der Waals surface area contributed by atoms with Crippen LogP contribution in [0.2, 0.25) is 0 Å². The molecule has 6 heteroatoms. The maximum atomic E-state index is 12.6. The lowest BCUT2D eigenvalue weighted by atomic mass is 9.81. The lowest BCUT2D eigenvalue weighted by Crippen LogP contribution is -2.32. The summed E-state index contributed by atoms with van der Waals surface area (Å²) >= 11 is 0. The number of anilines is 1. The summed E-state index contributed by atoms with van der Waals surface area (Å²) in [5, 5.41) is 10.9. The molecule has 3 fully saturated rings. The Morgan fingerprint density at radius 2 is 1.71 bits per heavy atom. The average molecular weight is 286 g/mol. The normalized spacial score (nSPS) is 33.6. The average Bonchev–Trinajstić information content (AvgIpc) is 3.13. The number of nitro benzene ring substituents is 1. The SMILES string of the molecule is O=C1[C@@H]2[C@H]3CC[C@@H](C3)[C@H]2C(=O)N1c1cccc([N+](=O)[O-])c1. The summed E-state index contributed by atoms with van der Waals surface area (Å²) in [5.41, 5.74) is 0.223. The molecule has 1 aromatic rings. The molecule has 2 bridgehead atoms. The predicted octanol–water partition coefficient (Wildman–Crippen LogP) is 2.13. The summed E-state index contributed by atoms with van der Waals surface area (Å²) in [4.78, 5) is 36.7. The van der Waals surface area contributed by atoms with Crippen LogP contribution >= 0.6 is 0 Å². The van der Waals surface area contributed by atoms with Crippen LogP contribution < -0.4 is 4.90 Å². The third kappa shape index (κ3) is 1.58. The number of carbonyl (C=O) groups is 2. The van der Waals surface area contributed by atoms with E-state index in [2.05, 4.69) is 0 Å². The van der Waals surface area contributed by atoms with Crippen molar-refractivity contribution >= 4 is 23.2 Å². The Morgan fingerprint density at radius 1 is 1.10 bits per heavy atom. The Labute approximate surface area is 120 Å². The van der Waals surface area contributed by atoms with Crippen molar-refractivity contribution in [2.75, 3.05) is 4.90 Å². The van der Waals surface area contributed by atoms with Crippen LogP contribution in [0.25, 0.3) is 0 Å². The second kappa shape index (κ2) is 4.13. The lowest BCUT2D eigenvalue weighted by Gasteiger charge is -2.19. The summed E-state index contributed by atoms with van der Waals surface area (Å²) in [5.74, 6) is -0.0956. The highest BCUT2D eigenvalue weighted by Crippen LogP contribution is 2.56. The quantitative estimate of drug-likeness (QED) is 0.474. The zero-order chi connectivity index (χ0) is 14.7. The number of imide groups is 1. The van der Waals surface area contributed by atoms with Gasteiger partial charge in [0.1, 0.15) is 0 Å². The number of nitrogens with zero attached hydrogens (tertiary/aromatic N) is 2. The number of benzene rings is 1. The molecule has 4 rings (SSSR count). The molecule has 0 spiro atoms. The van der Waals surface area contributed by atoms with Crippen molar-refractivity contribution in [3.63, 3.8) is 0 Å². The first-order valence-electron chi connectivity index (χ1n) is 7.20. The first kappa shape index (κ1) is 12.5. The van der Waals surface area contributed by atoms with E-state index in [1.807, 2.05) is 0 Å². The van der Waals surface area contributed by atoms with Gasteiger partial charge in [-0.05, 0) is 37.2 Å². The topological polar surface area (TPSA) is 80.5 Å². The molecule has 1 saturated heterocycles. The second-order valence-electron chi connectivity index (χ2n) is 6.17. The van der Waals surface area contributed by atoms with Crippen LogP contribution in [0.1, 0.15) is 19.3 Å². The molecule has 4 atom stereocenters. The molecule has 2 saturated carbocycles. The van der Waals surface area contributed by atoms with Crippen LogP contribution in [0.15, 0.2) is 24.3 Å². The van der Waals surface area contributed by atoms with Gasteiger partial charge in [-0.3, -0.25) is 19.7 Å². The Bertz CT molecular complexity index is 643. The Kier molecular flexibility index (Phi) is 2.46. The minimum atomic E-state index is -0.515. The minimum Gasteiger partial charge on any atom is -0.274 e. The van der Waals surface area contributed by atoms with Crippen LogP contribution in [-0.2, 0) is 9.59 Å². The van der Waals surface area contributed by atoms with Gasteiger partial charge < -0.3 is 0 Å². The fraction of sp³-hybridized carbons (Fsp3) is 0.467. The number of hydrogen-bond donors (Lipinski definition) is 0. The van der Waals surface area contributed by atoms with E-state index in [4.69, 9.17) is 0 Å². The molecule has 0 N–H and O–H groups in total. The highest BCUT2D eigenvalue weighted by molar-refractivity contribution is 6.22. The summed E-state index contributed by atoms with van der Waals surface area (Å²) in [6.07, 6.45) is 3.02. The third-order valence-corrected chi connectivity index (χ3v) is 5.23. The van der Waals surface area contributed by atoms with Gasteiger partial charge in [0, 0.05) is 12.1 Å². The number of rotatable bonds is 2. The summed E-state index contributed by atoms with van der Waals surface area (Å²) < 4.78 is 0. The molecule has 3 aliphatic rings. The van der Waals surface area contributed by atoms with Crippen LogP contribution in [0, 0.1) is 33.8 Å². The van der Waals surface area contributed by atoms with E-state index < -0.39 is 4.92 Å². The first-order chi connectivity index (χ1) is 10.1. The molecule has 0 radical (unpaired) electrons. The molecule has 21 heavy (non-hydrogen) atoms. The number of carbonyl (C=O) groups excluding carboxylic acids is 2. The number of amides is 2. The fourth-order valence-electron chi connectivity index (χ4n) is 4.41. The maximum absolute atomic E-state index is 12.6. The summed E-state index contributed by atoms with van der Waals surface area (Å²) in [6, 6.07) is 5.76. The first-order valence-corrected chi connectivity index (χ1v) is 7.20. The van der Waals surface area contributed by atoms with Crippen LogP contribution in [-0.4, -0.2) is 16.7 Å². The van der Waals surface area contributed by atoms with Gasteiger partial charge in [-0.15, -0.1) is 0 Å². The predicted molar refractivity (Wildman–Crippen MR) is 73.4 cm³/mol. The third-order valence-electron chi connectivity index (χ3n) is 5.23. The van der Waals surface area contributed by atoms with Gasteiger partial charge in [-0.1, -0.05) is 6.07 Å². The molecule has 108 valence electrons. The van der Waals surface area contributed by atoms with Gasteiger partial charge in [0.15, 0.2) is 0 Å². The standard InChI is InChI=1S/C15H14N2O4/c18-14-12-8-4-5-9(6-8)13(12)15(19)16(14)10-2-1-3-11(7-10)17(20)21/h1-3,7-9,12-13H,4-6H2/t8-,9-,12+,13+/m0/s1. The number of nitro groups is 1. The fourth-order valence-corrected chi connectivity index (χ4v) is 4.41. The van der Waals surface area contributed by atoms with Gasteiger partial charge in [0.2, 0.25) is 11.8 Å². The Morgan fingerprint density at radius 3 is 2.29 bits per heavy atom. The highest BCUT2D eigenvalue weighted by Gasteiger charge is 2.61. The van der Waals surface area contributed by atoms with Crippen molar-refractivity contribution in [3.05, 3.63) is 34.4 Å². The largest absolute Gasteiger partial charge is 0.274 e. The number of hydrogen-bond acceptors (Lipinski definition) is 4. The van der Waals surface area contributed by atoms with Crippen molar-refractivity contribution in [2.45, 2.75) is 19.3 Å². The highest BCUT2D eigenvalue weighted by atomic mass is 16.6. The number of non-ortho nitro benzene ring substituents is 1. The monoisotopic (exact) mass is 286 g/mol. The van der Waals surface area contributed by atoms with Gasteiger partial charge in [0.05, 0.1) is 22.4 Å². The van der Waals surface area contributed by atoms with Gasteiger partial charge in [0.25, 0.3) is 5.69 Å². The molecule has 1 aliphatic heterocycles. The van der Waals surface area contributed by atoms with E-state index >= 15 is 0 Å². The van der Waals surface area contributed by atoms with E-state index in [0.29, 0.717) is 17.5 Å². The van der Waals surface area contributed by atoms with Crippen molar-refractivity contribution in [3.8, 4) is 0 Å². The van der Waals surface area contributed by atoms with Crippen molar-refractivity contribution < 1.29 is 14.5 Å². The molecule has 1 heterocycles. The van der Waals surface area contributed by atoms with Crippen molar-refractivity contribution in [2.24, 2.45) is 23.7 Å². The maximum Gasteiger partial charge on any atom is 0.271 e. The molecular weight excluding hydrogens is 272 g/mol. The van der Waals surface area contributed by atoms with Gasteiger partial charge in [-0.2, -0.15) is 0 Å². The van der Waals surface area contributed by atoms with Crippen molar-refractivity contribution in [1.82, 2.24) is 0 Å². The van der Waals surface area contributed by atoms with E-state index in [9.17, 15) is 19.7 Å². The summed E-state index contributed by atoms with van der Waals surface area (Å²) in [6.45, 7) is 0. The molecule has 0 aromatic heterocycles. The number of fused-ring (bicyclic) bond motifs is 5. The minimum absolute atomic E-state index is 0.104.